The molecular weight excluding hydrogens is 252 g/mol. The molecule has 2 unspecified atom stereocenters. The first-order valence-corrected chi connectivity index (χ1v) is 7.26. The minimum absolute atomic E-state index is 0.0480. The van der Waals surface area contributed by atoms with Crippen molar-refractivity contribution in [2.24, 2.45) is 17.0 Å². The van der Waals surface area contributed by atoms with Gasteiger partial charge in [0.15, 0.2) is 0 Å². The molecule has 1 amide bonds. The minimum Gasteiger partial charge on any atom is -0.315 e. The van der Waals surface area contributed by atoms with Crippen LogP contribution in [0.1, 0.15) is 13.3 Å². The lowest BCUT2D eigenvalue weighted by atomic mass is 10.2. The summed E-state index contributed by atoms with van der Waals surface area (Å²) in [5.74, 6) is 0.627. The lowest BCUT2D eigenvalue weighted by molar-refractivity contribution is -0.119. The molecule has 2 rings (SSSR count). The Balaban J connectivity index is 2.17. The number of primary sulfonamides is 1. The summed E-state index contributed by atoms with van der Waals surface area (Å²) in [6.07, 6.45) is 0.929. The summed E-state index contributed by atoms with van der Waals surface area (Å²) in [6, 6.07) is 5.99. The van der Waals surface area contributed by atoms with Gasteiger partial charge in [-0.1, -0.05) is 6.92 Å². The number of carbonyl (C=O) groups is 1. The maximum Gasteiger partial charge on any atom is 0.238 e. The van der Waals surface area contributed by atoms with E-state index in [0.29, 0.717) is 11.6 Å². The average Bonchev–Trinajstić information content (AvgIpc) is 3.03. The summed E-state index contributed by atoms with van der Waals surface area (Å²) in [7, 11) is -1.99. The van der Waals surface area contributed by atoms with Crippen molar-refractivity contribution in [3.8, 4) is 0 Å². The van der Waals surface area contributed by atoms with Gasteiger partial charge in [-0.2, -0.15) is 0 Å². The molecule has 1 fully saturated rings. The Labute approximate surface area is 107 Å². The highest BCUT2D eigenvalue weighted by atomic mass is 32.2. The van der Waals surface area contributed by atoms with Crippen LogP contribution in [-0.4, -0.2) is 21.4 Å². The van der Waals surface area contributed by atoms with Gasteiger partial charge >= 0.3 is 0 Å². The first-order valence-electron chi connectivity index (χ1n) is 5.71. The maximum absolute atomic E-state index is 12.0. The van der Waals surface area contributed by atoms with Gasteiger partial charge in [0.25, 0.3) is 0 Å². The topological polar surface area (TPSA) is 80.5 Å². The highest BCUT2D eigenvalue weighted by Gasteiger charge is 2.40. The van der Waals surface area contributed by atoms with Crippen molar-refractivity contribution in [2.45, 2.75) is 18.2 Å². The molecule has 0 bridgehead atoms. The number of benzene rings is 1. The minimum atomic E-state index is -3.68. The van der Waals surface area contributed by atoms with Gasteiger partial charge in [0, 0.05) is 18.7 Å². The Hall–Kier alpha value is -1.40. The third-order valence-corrected chi connectivity index (χ3v) is 4.24. The molecule has 1 aliphatic carbocycles. The van der Waals surface area contributed by atoms with Crippen molar-refractivity contribution in [1.82, 2.24) is 0 Å². The van der Waals surface area contributed by atoms with Crippen LogP contribution in [0.4, 0.5) is 5.69 Å². The monoisotopic (exact) mass is 268 g/mol. The second-order valence-corrected chi connectivity index (χ2v) is 6.32. The molecule has 1 saturated carbocycles. The Morgan fingerprint density at radius 1 is 1.33 bits per heavy atom. The first-order chi connectivity index (χ1) is 8.30. The number of sulfonamides is 1. The normalized spacial score (nSPS) is 22.6. The van der Waals surface area contributed by atoms with E-state index < -0.39 is 10.0 Å². The molecule has 1 aliphatic rings. The standard InChI is InChI=1S/C12H16N2O3S/c1-8-7-11(8)12(15)14(2)9-3-5-10(6-4-9)18(13,16)17/h3-6,8,11H,7H2,1-2H3,(H2,13,16,17). The van der Waals surface area contributed by atoms with E-state index in [4.69, 9.17) is 5.14 Å². The molecule has 98 valence electrons. The van der Waals surface area contributed by atoms with E-state index in [1.54, 1.807) is 24.1 Å². The number of rotatable bonds is 3. The molecule has 18 heavy (non-hydrogen) atoms. The van der Waals surface area contributed by atoms with Crippen LogP contribution in [0.5, 0.6) is 0 Å². The van der Waals surface area contributed by atoms with Gasteiger partial charge in [-0.3, -0.25) is 4.79 Å². The van der Waals surface area contributed by atoms with E-state index >= 15 is 0 Å². The first kappa shape index (κ1) is 13.0. The number of hydrogen-bond donors (Lipinski definition) is 1. The number of anilines is 1. The van der Waals surface area contributed by atoms with Gasteiger partial charge in [-0.25, -0.2) is 13.6 Å². The van der Waals surface area contributed by atoms with Crippen molar-refractivity contribution in [3.05, 3.63) is 24.3 Å². The van der Waals surface area contributed by atoms with Crippen molar-refractivity contribution >= 4 is 21.6 Å². The zero-order valence-corrected chi connectivity index (χ0v) is 11.1. The Morgan fingerprint density at radius 3 is 2.22 bits per heavy atom. The van der Waals surface area contributed by atoms with Crippen LogP contribution in [0.15, 0.2) is 29.2 Å². The van der Waals surface area contributed by atoms with Crippen LogP contribution in [0.2, 0.25) is 0 Å². The lowest BCUT2D eigenvalue weighted by Crippen LogP contribution is -2.28. The number of carbonyl (C=O) groups excluding carboxylic acids is 1. The zero-order chi connectivity index (χ0) is 13.5. The van der Waals surface area contributed by atoms with Crippen molar-refractivity contribution < 1.29 is 13.2 Å². The smallest absolute Gasteiger partial charge is 0.238 e. The summed E-state index contributed by atoms with van der Waals surface area (Å²) in [5, 5.41) is 5.01. The highest BCUT2D eigenvalue weighted by molar-refractivity contribution is 7.89. The molecule has 0 saturated heterocycles. The second-order valence-electron chi connectivity index (χ2n) is 4.76. The Bertz CT molecular complexity index is 565. The highest BCUT2D eigenvalue weighted by Crippen LogP contribution is 2.39. The molecule has 0 radical (unpaired) electrons. The summed E-state index contributed by atoms with van der Waals surface area (Å²) in [5.41, 5.74) is 0.673. The molecule has 1 aromatic carbocycles. The van der Waals surface area contributed by atoms with Crippen LogP contribution < -0.4 is 10.0 Å². The molecular formula is C12H16N2O3S. The molecule has 2 N–H and O–H groups in total. The summed E-state index contributed by atoms with van der Waals surface area (Å²) in [4.78, 5) is 13.6. The zero-order valence-electron chi connectivity index (χ0n) is 10.3. The summed E-state index contributed by atoms with van der Waals surface area (Å²) >= 11 is 0. The van der Waals surface area contributed by atoms with Gasteiger partial charge in [0.1, 0.15) is 0 Å². The second kappa shape index (κ2) is 4.37. The van der Waals surface area contributed by atoms with E-state index in [2.05, 4.69) is 0 Å². The Kier molecular flexibility index (Phi) is 3.16. The predicted molar refractivity (Wildman–Crippen MR) is 68.5 cm³/mol. The third kappa shape index (κ3) is 2.54. The van der Waals surface area contributed by atoms with Crippen molar-refractivity contribution in [1.29, 1.82) is 0 Å². The van der Waals surface area contributed by atoms with Crippen molar-refractivity contribution in [2.75, 3.05) is 11.9 Å². The fourth-order valence-corrected chi connectivity index (χ4v) is 2.42. The van der Waals surface area contributed by atoms with Crippen LogP contribution in [0, 0.1) is 11.8 Å². The predicted octanol–water partition coefficient (Wildman–Crippen LogP) is 0.953. The molecule has 0 aromatic heterocycles. The molecule has 2 atom stereocenters. The van der Waals surface area contributed by atoms with Gasteiger partial charge in [-0.05, 0) is 36.6 Å². The Morgan fingerprint density at radius 2 is 1.83 bits per heavy atom. The van der Waals surface area contributed by atoms with Crippen molar-refractivity contribution in [3.63, 3.8) is 0 Å². The van der Waals surface area contributed by atoms with Crippen LogP contribution in [0.25, 0.3) is 0 Å². The van der Waals surface area contributed by atoms with Gasteiger partial charge in [0.2, 0.25) is 15.9 Å². The van der Waals surface area contributed by atoms with E-state index in [1.807, 2.05) is 6.92 Å². The van der Waals surface area contributed by atoms with Crippen LogP contribution in [0.3, 0.4) is 0 Å². The largest absolute Gasteiger partial charge is 0.315 e. The molecule has 0 aliphatic heterocycles. The fraction of sp³-hybridized carbons (Fsp3) is 0.417. The fourth-order valence-electron chi connectivity index (χ4n) is 1.90. The molecule has 1 aromatic rings. The molecule has 6 heteroatoms. The SMILES string of the molecule is CC1CC1C(=O)N(C)c1ccc(S(N)(=O)=O)cc1. The number of hydrogen-bond acceptors (Lipinski definition) is 3. The summed E-state index contributed by atoms with van der Waals surface area (Å²) < 4.78 is 22.2. The average molecular weight is 268 g/mol. The van der Waals surface area contributed by atoms with E-state index in [1.165, 1.54) is 12.1 Å². The number of nitrogens with two attached hydrogens (primary N) is 1. The van der Waals surface area contributed by atoms with E-state index in [-0.39, 0.29) is 16.7 Å². The molecule has 0 heterocycles. The van der Waals surface area contributed by atoms with E-state index in [0.717, 1.165) is 6.42 Å². The molecule has 0 spiro atoms. The van der Waals surface area contributed by atoms with Crippen LogP contribution >= 0.6 is 0 Å². The maximum atomic E-state index is 12.0. The summed E-state index contributed by atoms with van der Waals surface area (Å²) in [6.45, 7) is 2.04. The number of amides is 1. The number of nitrogens with zero attached hydrogens (tertiary/aromatic N) is 1. The van der Waals surface area contributed by atoms with Gasteiger partial charge < -0.3 is 4.90 Å². The molecule has 5 nitrogen and oxygen atoms in total. The van der Waals surface area contributed by atoms with Gasteiger partial charge in [0.05, 0.1) is 4.90 Å². The van der Waals surface area contributed by atoms with Gasteiger partial charge in [-0.15, -0.1) is 0 Å². The third-order valence-electron chi connectivity index (χ3n) is 3.31. The van der Waals surface area contributed by atoms with Crippen LogP contribution in [-0.2, 0) is 14.8 Å². The lowest BCUT2D eigenvalue weighted by Gasteiger charge is -2.17. The quantitative estimate of drug-likeness (QED) is 0.886. The van der Waals surface area contributed by atoms with E-state index in [9.17, 15) is 13.2 Å².